The van der Waals surface area contributed by atoms with E-state index < -0.39 is 11.9 Å². The van der Waals surface area contributed by atoms with Crippen LogP contribution in [0, 0.1) is 5.82 Å². The fourth-order valence-corrected chi connectivity index (χ4v) is 2.57. The summed E-state index contributed by atoms with van der Waals surface area (Å²) in [6.45, 7) is 2.71. The maximum absolute atomic E-state index is 13.5. The molecule has 1 unspecified atom stereocenters. The van der Waals surface area contributed by atoms with Crippen molar-refractivity contribution in [1.82, 2.24) is 0 Å². The van der Waals surface area contributed by atoms with Crippen molar-refractivity contribution in [3.8, 4) is 5.75 Å². The van der Waals surface area contributed by atoms with Crippen LogP contribution in [0.1, 0.15) is 30.5 Å². The van der Waals surface area contributed by atoms with Gasteiger partial charge >= 0.3 is 0 Å². The summed E-state index contributed by atoms with van der Waals surface area (Å²) >= 11 is 9.15. The summed E-state index contributed by atoms with van der Waals surface area (Å²) in [4.78, 5) is 0. The van der Waals surface area contributed by atoms with Gasteiger partial charge in [0, 0.05) is 0 Å². The molecule has 0 heterocycles. The monoisotopic (exact) mass is 371 g/mol. The molecule has 2 N–H and O–H groups in total. The highest BCUT2D eigenvalue weighted by atomic mass is 79.9. The molecule has 0 aromatic heterocycles. The standard InChI is InChI=1S/C16H16BrClFNO/c1-2-7-21-15-6-4-10(8-12(15)17)16(20)11-3-5-13(18)14(19)9-11/h3-6,8-9,16H,2,7,20H2,1H3. The van der Waals surface area contributed by atoms with Crippen LogP contribution in [-0.2, 0) is 0 Å². The highest BCUT2D eigenvalue weighted by molar-refractivity contribution is 9.10. The van der Waals surface area contributed by atoms with Crippen LogP contribution in [0.2, 0.25) is 5.02 Å². The van der Waals surface area contributed by atoms with E-state index in [4.69, 9.17) is 22.1 Å². The lowest BCUT2D eigenvalue weighted by molar-refractivity contribution is 0.315. The Kier molecular flexibility index (Phi) is 5.62. The normalized spacial score (nSPS) is 12.2. The molecule has 2 aromatic carbocycles. The van der Waals surface area contributed by atoms with Crippen molar-refractivity contribution in [2.24, 2.45) is 5.73 Å². The average molecular weight is 373 g/mol. The molecule has 2 rings (SSSR count). The molecule has 0 aliphatic carbocycles. The molecule has 0 aliphatic heterocycles. The molecule has 0 bridgehead atoms. The quantitative estimate of drug-likeness (QED) is 0.794. The Bertz CT molecular complexity index is 636. The van der Waals surface area contributed by atoms with Crippen LogP contribution in [0.15, 0.2) is 40.9 Å². The van der Waals surface area contributed by atoms with Gasteiger partial charge in [-0.15, -0.1) is 0 Å². The van der Waals surface area contributed by atoms with Gasteiger partial charge in [0.15, 0.2) is 0 Å². The summed E-state index contributed by atoms with van der Waals surface area (Å²) in [6, 6.07) is 9.82. The Morgan fingerprint density at radius 2 is 1.90 bits per heavy atom. The first-order valence-electron chi connectivity index (χ1n) is 6.65. The van der Waals surface area contributed by atoms with Crippen molar-refractivity contribution in [2.45, 2.75) is 19.4 Å². The summed E-state index contributed by atoms with van der Waals surface area (Å²) in [6.07, 6.45) is 0.942. The number of hydrogen-bond acceptors (Lipinski definition) is 2. The van der Waals surface area contributed by atoms with Crippen molar-refractivity contribution >= 4 is 27.5 Å². The molecule has 112 valence electrons. The SMILES string of the molecule is CCCOc1ccc(C(N)c2ccc(Cl)c(F)c2)cc1Br. The molecule has 1 atom stereocenters. The van der Waals surface area contributed by atoms with Gasteiger partial charge in [0.1, 0.15) is 11.6 Å². The summed E-state index contributed by atoms with van der Waals surface area (Å²) in [5, 5.41) is 0.0930. The third kappa shape index (κ3) is 3.96. The number of benzene rings is 2. The zero-order valence-corrected chi connectivity index (χ0v) is 13.9. The second-order valence-electron chi connectivity index (χ2n) is 4.69. The van der Waals surface area contributed by atoms with Crippen molar-refractivity contribution in [1.29, 1.82) is 0 Å². The fourth-order valence-electron chi connectivity index (χ4n) is 1.94. The Balaban J connectivity index is 2.24. The minimum absolute atomic E-state index is 0.0930. The van der Waals surface area contributed by atoms with Gasteiger partial charge < -0.3 is 10.5 Å². The average Bonchev–Trinajstić information content (AvgIpc) is 2.48. The number of hydrogen-bond donors (Lipinski definition) is 1. The minimum atomic E-state index is -0.466. The molecule has 0 fully saturated rings. The summed E-state index contributed by atoms with van der Waals surface area (Å²) in [5.41, 5.74) is 7.72. The molecule has 0 spiro atoms. The van der Waals surface area contributed by atoms with Crippen LogP contribution in [-0.4, -0.2) is 6.61 Å². The Hall–Kier alpha value is -1.10. The molecule has 0 saturated heterocycles. The summed E-state index contributed by atoms with van der Waals surface area (Å²) < 4.78 is 19.9. The summed E-state index contributed by atoms with van der Waals surface area (Å²) in [5.74, 6) is 0.307. The van der Waals surface area contributed by atoms with E-state index in [-0.39, 0.29) is 5.02 Å². The Labute approximate surface area is 137 Å². The zero-order chi connectivity index (χ0) is 15.4. The van der Waals surface area contributed by atoms with Crippen LogP contribution < -0.4 is 10.5 Å². The third-order valence-electron chi connectivity index (χ3n) is 3.08. The second-order valence-corrected chi connectivity index (χ2v) is 5.95. The van der Waals surface area contributed by atoms with Crippen molar-refractivity contribution in [2.75, 3.05) is 6.61 Å². The maximum Gasteiger partial charge on any atom is 0.142 e. The largest absolute Gasteiger partial charge is 0.492 e. The van der Waals surface area contributed by atoms with E-state index >= 15 is 0 Å². The molecular weight excluding hydrogens is 357 g/mol. The predicted molar refractivity (Wildman–Crippen MR) is 87.4 cm³/mol. The van der Waals surface area contributed by atoms with Gasteiger partial charge in [-0.2, -0.15) is 0 Å². The smallest absolute Gasteiger partial charge is 0.142 e. The van der Waals surface area contributed by atoms with Gasteiger partial charge in [-0.3, -0.25) is 0 Å². The van der Waals surface area contributed by atoms with E-state index in [0.717, 1.165) is 22.2 Å². The lowest BCUT2D eigenvalue weighted by Gasteiger charge is -2.15. The Morgan fingerprint density at radius 1 is 1.24 bits per heavy atom. The van der Waals surface area contributed by atoms with Crippen molar-refractivity contribution < 1.29 is 9.13 Å². The number of ether oxygens (including phenoxy) is 1. The topological polar surface area (TPSA) is 35.2 Å². The van der Waals surface area contributed by atoms with E-state index in [1.54, 1.807) is 6.07 Å². The number of nitrogens with two attached hydrogens (primary N) is 1. The van der Waals surface area contributed by atoms with E-state index in [1.165, 1.54) is 12.1 Å². The molecular formula is C16H16BrClFNO. The van der Waals surface area contributed by atoms with Gasteiger partial charge in [0.05, 0.1) is 22.1 Å². The van der Waals surface area contributed by atoms with E-state index in [2.05, 4.69) is 15.9 Å². The first-order valence-corrected chi connectivity index (χ1v) is 7.82. The molecule has 2 nitrogen and oxygen atoms in total. The van der Waals surface area contributed by atoms with Gasteiger partial charge in [-0.05, 0) is 57.7 Å². The van der Waals surface area contributed by atoms with Gasteiger partial charge in [0.25, 0.3) is 0 Å². The molecule has 0 aliphatic rings. The van der Waals surface area contributed by atoms with Gasteiger partial charge in [-0.25, -0.2) is 4.39 Å². The molecule has 2 aromatic rings. The first-order chi connectivity index (χ1) is 10.0. The highest BCUT2D eigenvalue weighted by Gasteiger charge is 2.13. The Morgan fingerprint density at radius 3 is 2.52 bits per heavy atom. The molecule has 0 amide bonds. The second kappa shape index (κ2) is 7.25. The van der Waals surface area contributed by atoms with Crippen LogP contribution in [0.25, 0.3) is 0 Å². The summed E-state index contributed by atoms with van der Waals surface area (Å²) in [7, 11) is 0. The first kappa shape index (κ1) is 16.3. The molecule has 5 heteroatoms. The third-order valence-corrected chi connectivity index (χ3v) is 4.01. The van der Waals surface area contributed by atoms with Gasteiger partial charge in [-0.1, -0.05) is 30.7 Å². The van der Waals surface area contributed by atoms with Crippen LogP contribution in [0.5, 0.6) is 5.75 Å². The lowest BCUT2D eigenvalue weighted by Crippen LogP contribution is -2.12. The van der Waals surface area contributed by atoms with Crippen molar-refractivity contribution in [3.05, 3.63) is 62.8 Å². The minimum Gasteiger partial charge on any atom is -0.492 e. The van der Waals surface area contributed by atoms with Crippen LogP contribution in [0.3, 0.4) is 0 Å². The molecule has 0 radical (unpaired) electrons. The predicted octanol–water partition coefficient (Wildman–Crippen LogP) is 5.08. The zero-order valence-electron chi connectivity index (χ0n) is 11.6. The number of rotatable bonds is 5. The fraction of sp³-hybridized carbons (Fsp3) is 0.250. The molecule has 21 heavy (non-hydrogen) atoms. The van der Waals surface area contributed by atoms with Crippen LogP contribution >= 0.6 is 27.5 Å². The highest BCUT2D eigenvalue weighted by Crippen LogP contribution is 2.30. The van der Waals surface area contributed by atoms with Crippen molar-refractivity contribution in [3.63, 3.8) is 0 Å². The van der Waals surface area contributed by atoms with Crippen LogP contribution in [0.4, 0.5) is 4.39 Å². The molecule has 0 saturated carbocycles. The van der Waals surface area contributed by atoms with E-state index in [1.807, 2.05) is 25.1 Å². The lowest BCUT2D eigenvalue weighted by atomic mass is 9.99. The van der Waals surface area contributed by atoms with E-state index in [9.17, 15) is 4.39 Å². The van der Waals surface area contributed by atoms with Gasteiger partial charge in [0.2, 0.25) is 0 Å². The maximum atomic E-state index is 13.5. The van der Waals surface area contributed by atoms with E-state index in [0.29, 0.717) is 12.2 Å². The number of halogens is 3.